The number of amides is 1. The van der Waals surface area contributed by atoms with Gasteiger partial charge in [0.25, 0.3) is 5.91 Å². The van der Waals surface area contributed by atoms with Crippen molar-refractivity contribution in [2.75, 3.05) is 5.32 Å². The van der Waals surface area contributed by atoms with Gasteiger partial charge in [-0.25, -0.2) is 0 Å². The summed E-state index contributed by atoms with van der Waals surface area (Å²) in [6.45, 7) is 0.546. The number of benzene rings is 2. The third kappa shape index (κ3) is 3.81. The molecular formula is C17H13BrClN3O. The second-order valence-corrected chi connectivity index (χ2v) is 6.19. The van der Waals surface area contributed by atoms with Gasteiger partial charge in [0.05, 0.1) is 12.1 Å². The van der Waals surface area contributed by atoms with Crippen molar-refractivity contribution in [2.45, 2.75) is 6.54 Å². The van der Waals surface area contributed by atoms with Gasteiger partial charge in [0, 0.05) is 21.8 Å². The van der Waals surface area contributed by atoms with Gasteiger partial charge in [-0.3, -0.25) is 9.48 Å². The van der Waals surface area contributed by atoms with Gasteiger partial charge in [-0.2, -0.15) is 5.10 Å². The fourth-order valence-corrected chi connectivity index (χ4v) is 2.81. The Hall–Kier alpha value is -2.11. The van der Waals surface area contributed by atoms with Crippen LogP contribution in [-0.4, -0.2) is 15.7 Å². The molecule has 0 fully saturated rings. The highest BCUT2D eigenvalue weighted by molar-refractivity contribution is 9.10. The monoisotopic (exact) mass is 389 g/mol. The van der Waals surface area contributed by atoms with Crippen molar-refractivity contribution in [3.05, 3.63) is 81.4 Å². The fourth-order valence-electron chi connectivity index (χ4n) is 2.15. The number of hydrogen-bond donors (Lipinski definition) is 1. The first-order valence-electron chi connectivity index (χ1n) is 6.96. The van der Waals surface area contributed by atoms with E-state index in [4.69, 9.17) is 11.6 Å². The molecule has 0 unspecified atom stereocenters. The van der Waals surface area contributed by atoms with Crippen LogP contribution in [0.5, 0.6) is 0 Å². The fraction of sp³-hybridized carbons (Fsp3) is 0.0588. The molecule has 0 saturated carbocycles. The highest BCUT2D eigenvalue weighted by Crippen LogP contribution is 2.18. The van der Waals surface area contributed by atoms with Gasteiger partial charge in [-0.15, -0.1) is 0 Å². The lowest BCUT2D eigenvalue weighted by molar-refractivity contribution is 0.102. The molecule has 1 aromatic heterocycles. The summed E-state index contributed by atoms with van der Waals surface area (Å²) in [7, 11) is 0. The van der Waals surface area contributed by atoms with Gasteiger partial charge < -0.3 is 5.32 Å². The summed E-state index contributed by atoms with van der Waals surface area (Å²) in [6.07, 6.45) is 1.80. The first-order chi connectivity index (χ1) is 11.1. The third-order valence-electron chi connectivity index (χ3n) is 3.29. The molecule has 0 aliphatic carbocycles. The number of anilines is 1. The molecule has 1 amide bonds. The number of hydrogen-bond acceptors (Lipinski definition) is 2. The molecular weight excluding hydrogens is 378 g/mol. The summed E-state index contributed by atoms with van der Waals surface area (Å²) in [6, 6.07) is 16.6. The van der Waals surface area contributed by atoms with Crippen molar-refractivity contribution in [2.24, 2.45) is 0 Å². The number of carbonyl (C=O) groups excluding carboxylic acids is 1. The van der Waals surface area contributed by atoms with E-state index in [0.29, 0.717) is 22.9 Å². The number of halogens is 2. The number of nitrogens with one attached hydrogen (secondary N) is 1. The van der Waals surface area contributed by atoms with Crippen LogP contribution in [0.1, 0.15) is 15.9 Å². The Balaban J connectivity index is 1.72. The predicted molar refractivity (Wildman–Crippen MR) is 94.9 cm³/mol. The van der Waals surface area contributed by atoms with E-state index in [2.05, 4.69) is 26.3 Å². The molecule has 3 rings (SSSR count). The molecule has 6 heteroatoms. The minimum Gasteiger partial charge on any atom is -0.305 e. The molecule has 2 aromatic carbocycles. The third-order valence-corrected chi connectivity index (χ3v) is 4.35. The summed E-state index contributed by atoms with van der Waals surface area (Å²) in [5.74, 6) is 0.290. The van der Waals surface area contributed by atoms with E-state index in [-0.39, 0.29) is 5.91 Å². The van der Waals surface area contributed by atoms with Crippen molar-refractivity contribution < 1.29 is 4.79 Å². The molecule has 23 heavy (non-hydrogen) atoms. The first kappa shape index (κ1) is 15.8. The largest absolute Gasteiger partial charge is 0.305 e. The Kier molecular flexibility index (Phi) is 4.79. The smallest absolute Gasteiger partial charge is 0.258 e. The minimum atomic E-state index is -0.208. The van der Waals surface area contributed by atoms with E-state index in [1.165, 1.54) is 0 Å². The van der Waals surface area contributed by atoms with E-state index in [0.717, 1.165) is 10.0 Å². The average molecular weight is 391 g/mol. The van der Waals surface area contributed by atoms with Crippen LogP contribution >= 0.6 is 27.5 Å². The average Bonchev–Trinajstić information content (AvgIpc) is 2.97. The topological polar surface area (TPSA) is 46.9 Å². The summed E-state index contributed by atoms with van der Waals surface area (Å²) >= 11 is 9.51. The molecule has 0 radical (unpaired) electrons. The number of nitrogens with zero attached hydrogens (tertiary/aromatic N) is 2. The molecule has 0 atom stereocenters. The van der Waals surface area contributed by atoms with Gasteiger partial charge >= 0.3 is 0 Å². The first-order valence-corrected chi connectivity index (χ1v) is 8.13. The Morgan fingerprint density at radius 3 is 2.65 bits per heavy atom. The Morgan fingerprint density at radius 1 is 1.13 bits per heavy atom. The van der Waals surface area contributed by atoms with Crippen molar-refractivity contribution in [1.82, 2.24) is 9.78 Å². The normalized spacial score (nSPS) is 10.5. The van der Waals surface area contributed by atoms with Crippen LogP contribution in [0.25, 0.3) is 0 Å². The lowest BCUT2D eigenvalue weighted by atomic mass is 10.2. The van der Waals surface area contributed by atoms with Crippen LogP contribution in [0, 0.1) is 0 Å². The molecule has 0 aliphatic heterocycles. The van der Waals surface area contributed by atoms with Crippen LogP contribution in [0.3, 0.4) is 0 Å². The van der Waals surface area contributed by atoms with E-state index in [9.17, 15) is 4.79 Å². The lowest BCUT2D eigenvalue weighted by Gasteiger charge is -2.05. The second kappa shape index (κ2) is 6.98. The van der Waals surface area contributed by atoms with Gasteiger partial charge in [-0.1, -0.05) is 41.9 Å². The number of carbonyl (C=O) groups is 1. The van der Waals surface area contributed by atoms with Crippen LogP contribution in [0.15, 0.2) is 65.3 Å². The van der Waals surface area contributed by atoms with Crippen molar-refractivity contribution >= 4 is 39.3 Å². The van der Waals surface area contributed by atoms with Gasteiger partial charge in [-0.05, 0) is 39.7 Å². The molecule has 4 nitrogen and oxygen atoms in total. The van der Waals surface area contributed by atoms with Gasteiger partial charge in [0.2, 0.25) is 0 Å². The molecule has 0 aliphatic rings. The van der Waals surface area contributed by atoms with Crippen molar-refractivity contribution in [3.8, 4) is 0 Å². The molecule has 116 valence electrons. The quantitative estimate of drug-likeness (QED) is 0.708. The summed E-state index contributed by atoms with van der Waals surface area (Å²) < 4.78 is 2.48. The highest BCUT2D eigenvalue weighted by Gasteiger charge is 2.11. The molecule has 0 spiro atoms. The van der Waals surface area contributed by atoms with Crippen molar-refractivity contribution in [1.29, 1.82) is 0 Å². The SMILES string of the molecule is O=C(Nc1ccn(Cc2ccccc2Cl)n1)c1ccccc1Br. The molecule has 1 heterocycles. The highest BCUT2D eigenvalue weighted by atomic mass is 79.9. The molecule has 3 aromatic rings. The summed E-state index contributed by atoms with van der Waals surface area (Å²) in [4.78, 5) is 12.2. The summed E-state index contributed by atoms with van der Waals surface area (Å²) in [5, 5.41) is 7.83. The zero-order valence-electron chi connectivity index (χ0n) is 12.0. The molecule has 0 saturated heterocycles. The Bertz CT molecular complexity index is 847. The number of aromatic nitrogens is 2. The standard InChI is InChI=1S/C17H13BrClN3O/c18-14-7-3-2-6-13(14)17(23)20-16-9-10-22(21-16)11-12-5-1-4-8-15(12)19/h1-10H,11H2,(H,20,21,23). The minimum absolute atomic E-state index is 0.208. The second-order valence-electron chi connectivity index (χ2n) is 4.92. The number of rotatable bonds is 4. The molecule has 1 N–H and O–H groups in total. The van der Waals surface area contributed by atoms with Gasteiger partial charge in [0.15, 0.2) is 5.82 Å². The molecule has 0 bridgehead atoms. The maximum Gasteiger partial charge on any atom is 0.258 e. The van der Waals surface area contributed by atoms with E-state index < -0.39 is 0 Å². The Labute approximate surface area is 147 Å². The van der Waals surface area contributed by atoms with Crippen LogP contribution in [-0.2, 0) is 6.54 Å². The van der Waals surface area contributed by atoms with Crippen molar-refractivity contribution in [3.63, 3.8) is 0 Å². The van der Waals surface area contributed by atoms with Crippen LogP contribution in [0.2, 0.25) is 5.02 Å². The Morgan fingerprint density at radius 2 is 1.87 bits per heavy atom. The van der Waals surface area contributed by atoms with E-state index >= 15 is 0 Å². The zero-order chi connectivity index (χ0) is 16.2. The van der Waals surface area contributed by atoms with E-state index in [1.807, 2.05) is 42.5 Å². The van der Waals surface area contributed by atoms with Gasteiger partial charge in [0.1, 0.15) is 0 Å². The van der Waals surface area contributed by atoms with Crippen LogP contribution in [0.4, 0.5) is 5.82 Å². The maximum absolute atomic E-state index is 12.2. The predicted octanol–water partition coefficient (Wildman–Crippen LogP) is 4.60. The summed E-state index contributed by atoms with van der Waals surface area (Å²) in [5.41, 5.74) is 1.54. The van der Waals surface area contributed by atoms with E-state index in [1.54, 1.807) is 23.0 Å². The lowest BCUT2D eigenvalue weighted by Crippen LogP contribution is -2.13. The zero-order valence-corrected chi connectivity index (χ0v) is 14.4. The maximum atomic E-state index is 12.2. The van der Waals surface area contributed by atoms with Crippen LogP contribution < -0.4 is 5.32 Å².